The summed E-state index contributed by atoms with van der Waals surface area (Å²) in [7, 11) is -19.2. The molecule has 37 heavy (non-hydrogen) atoms. The number of nitrogens with zero attached hydrogens (tertiary/aromatic N) is 1. The maximum absolute atomic E-state index is 14.0. The van der Waals surface area contributed by atoms with Crippen LogP contribution < -0.4 is 0 Å². The summed E-state index contributed by atoms with van der Waals surface area (Å²) in [5.41, 5.74) is -12.9. The molecule has 0 atom stereocenters. The average molecular weight is 647 g/mol. The zero-order chi connectivity index (χ0) is 28.0. The fourth-order valence-corrected chi connectivity index (χ4v) is 12.7. The predicted molar refractivity (Wildman–Crippen MR) is 129 cm³/mol. The van der Waals surface area contributed by atoms with E-state index >= 15 is 0 Å². The minimum Gasteiger partial charge on any atom is -0.201 e. The van der Waals surface area contributed by atoms with Crippen LogP contribution in [0.4, 0.5) is 26.3 Å². The summed E-state index contributed by atoms with van der Waals surface area (Å²) in [6.45, 7) is 0. The molecule has 0 radical (unpaired) electrons. The molecule has 202 valence electrons. The molecule has 0 heterocycles. The van der Waals surface area contributed by atoms with E-state index in [2.05, 4.69) is 0 Å². The number of halogens is 9. The molecule has 0 saturated carbocycles. The van der Waals surface area contributed by atoms with E-state index in [0.29, 0.717) is 0 Å². The van der Waals surface area contributed by atoms with Crippen molar-refractivity contribution in [3.63, 3.8) is 0 Å². The van der Waals surface area contributed by atoms with Crippen molar-refractivity contribution in [3.05, 3.63) is 87.9 Å². The molecule has 0 aliphatic heterocycles. The van der Waals surface area contributed by atoms with Crippen LogP contribution in [0.2, 0.25) is 15.1 Å². The highest BCUT2D eigenvalue weighted by Crippen LogP contribution is 2.74. The molecule has 0 aliphatic rings. The molecular formula is C20H12Cl3F6NO4S3. The third-order valence-electron chi connectivity index (χ3n) is 4.67. The molecule has 0 saturated heterocycles. The monoisotopic (exact) mass is 645 g/mol. The number of hydrogen-bond donors (Lipinski definition) is 0. The second-order valence-corrected chi connectivity index (χ2v) is 15.5. The van der Waals surface area contributed by atoms with Gasteiger partial charge in [0.25, 0.3) is 0 Å². The van der Waals surface area contributed by atoms with E-state index < -0.39 is 59.1 Å². The molecule has 3 rings (SSSR count). The number of hydrogen-bond acceptors (Lipinski definition) is 4. The van der Waals surface area contributed by atoms with Gasteiger partial charge in [-0.1, -0.05) is 45.0 Å². The highest BCUT2D eigenvalue weighted by molar-refractivity contribution is 8.41. The Bertz CT molecular complexity index is 1340. The molecule has 5 nitrogen and oxygen atoms in total. The Hall–Kier alpha value is -1.68. The predicted octanol–water partition coefficient (Wildman–Crippen LogP) is 7.84. The second-order valence-electron chi connectivity index (χ2n) is 7.01. The summed E-state index contributed by atoms with van der Waals surface area (Å²) >= 11 is 17.6. The lowest BCUT2D eigenvalue weighted by molar-refractivity contribution is -0.0505. The first-order chi connectivity index (χ1) is 16.9. The molecule has 0 amide bonds. The third kappa shape index (κ3) is 5.29. The van der Waals surface area contributed by atoms with Gasteiger partial charge in [0.05, 0.1) is 0 Å². The molecule has 0 aromatic heterocycles. The summed E-state index contributed by atoms with van der Waals surface area (Å²) in [5, 5.41) is -0.0606. The number of benzene rings is 3. The van der Waals surface area contributed by atoms with Crippen LogP contribution in [0.5, 0.6) is 0 Å². The van der Waals surface area contributed by atoms with E-state index in [1.54, 1.807) is 0 Å². The maximum atomic E-state index is 14.0. The molecular weight excluding hydrogens is 635 g/mol. The smallest absolute Gasteiger partial charge is 0.201 e. The van der Waals surface area contributed by atoms with Gasteiger partial charge in [-0.25, -0.2) is 16.8 Å². The molecule has 0 aliphatic carbocycles. The van der Waals surface area contributed by atoms with Crippen LogP contribution in [0.15, 0.2) is 87.5 Å². The van der Waals surface area contributed by atoms with Gasteiger partial charge in [0.15, 0.2) is 0 Å². The quantitative estimate of drug-likeness (QED) is 0.256. The molecule has 0 unspecified atom stereocenters. The van der Waals surface area contributed by atoms with E-state index in [1.807, 2.05) is 0 Å². The first-order valence-corrected chi connectivity index (χ1v) is 15.0. The van der Waals surface area contributed by atoms with Crippen molar-refractivity contribution in [1.29, 1.82) is 0 Å². The van der Waals surface area contributed by atoms with Crippen molar-refractivity contribution in [2.75, 3.05) is 0 Å². The van der Waals surface area contributed by atoms with Crippen molar-refractivity contribution in [3.8, 4) is 0 Å². The number of sulfonamides is 2. The van der Waals surface area contributed by atoms with Crippen LogP contribution in [-0.4, -0.2) is 31.0 Å². The Balaban J connectivity index is 2.73. The normalized spacial score (nSPS) is 14.1. The van der Waals surface area contributed by atoms with Gasteiger partial charge >= 0.3 is 31.1 Å². The SMILES string of the molecule is O=S(=O)(N(S(c1ccc(Cl)cc1)(c1ccc(Cl)cc1)c1ccc(Cl)cc1)S(=O)(=O)C(F)(F)F)C(F)(F)F. The zero-order valence-corrected chi connectivity index (χ0v) is 22.4. The Morgan fingerprint density at radius 3 is 0.892 bits per heavy atom. The minimum atomic E-state index is -7.25. The molecule has 0 spiro atoms. The molecule has 0 N–H and O–H groups in total. The van der Waals surface area contributed by atoms with Gasteiger partial charge in [-0.05, 0) is 75.9 Å². The molecule has 0 fully saturated rings. The summed E-state index contributed by atoms with van der Waals surface area (Å²) in [6.07, 6.45) is 0. The molecule has 17 heteroatoms. The first-order valence-electron chi connectivity index (χ1n) is 9.40. The van der Waals surface area contributed by atoms with E-state index in [9.17, 15) is 43.2 Å². The highest BCUT2D eigenvalue weighted by atomic mass is 35.5. The summed E-state index contributed by atoms with van der Waals surface area (Å²) in [6, 6.07) is 12.0. The third-order valence-corrected chi connectivity index (χ3v) is 14.4. The Labute approximate surface area is 224 Å². The van der Waals surface area contributed by atoms with Crippen LogP contribution in [0.1, 0.15) is 0 Å². The zero-order valence-electron chi connectivity index (χ0n) is 17.6. The van der Waals surface area contributed by atoms with E-state index in [1.165, 1.54) is 0 Å². The lowest BCUT2D eigenvalue weighted by Crippen LogP contribution is -2.50. The Morgan fingerprint density at radius 1 is 0.486 bits per heavy atom. The van der Waals surface area contributed by atoms with Crippen molar-refractivity contribution >= 4 is 65.1 Å². The molecule has 3 aromatic carbocycles. The van der Waals surface area contributed by atoms with Gasteiger partial charge < -0.3 is 0 Å². The lowest BCUT2D eigenvalue weighted by Gasteiger charge is -2.47. The highest BCUT2D eigenvalue weighted by Gasteiger charge is 2.67. The molecule has 3 aromatic rings. The van der Waals surface area contributed by atoms with Crippen molar-refractivity contribution in [2.45, 2.75) is 25.7 Å². The lowest BCUT2D eigenvalue weighted by atomic mass is 10.3. The van der Waals surface area contributed by atoms with Crippen molar-refractivity contribution in [2.24, 2.45) is 0 Å². The van der Waals surface area contributed by atoms with Gasteiger partial charge in [0.2, 0.25) is 0 Å². The van der Waals surface area contributed by atoms with Crippen molar-refractivity contribution in [1.82, 2.24) is 3.12 Å². The van der Waals surface area contributed by atoms with Gasteiger partial charge in [-0.3, -0.25) is 0 Å². The summed E-state index contributed by atoms with van der Waals surface area (Å²) in [4.78, 5) is -1.62. The van der Waals surface area contributed by atoms with E-state index in [0.717, 1.165) is 72.8 Å². The van der Waals surface area contributed by atoms with Gasteiger partial charge in [0.1, 0.15) is 0 Å². The van der Waals surface area contributed by atoms with Gasteiger partial charge in [-0.2, -0.15) is 26.3 Å². The largest absolute Gasteiger partial charge is 0.513 e. The van der Waals surface area contributed by atoms with Crippen LogP contribution in [-0.2, 0) is 20.0 Å². The fourth-order valence-electron chi connectivity index (χ4n) is 3.15. The summed E-state index contributed by atoms with van der Waals surface area (Å²) in [5.74, 6) is 0. The molecule has 0 bridgehead atoms. The standard InChI is InChI=1S/C20H12Cl3F6NO4S3/c21-13-1-7-16(8-2-13)35(17-9-3-14(22)4-10-17,18-11-5-15(23)6-12-18)30(36(31,32)19(24,25)26)37(33,34)20(27,28)29/h1-12H. The number of rotatable bonds is 6. The first kappa shape index (κ1) is 29.9. The van der Waals surface area contributed by atoms with Crippen LogP contribution in [0.25, 0.3) is 0 Å². The van der Waals surface area contributed by atoms with Crippen LogP contribution in [0, 0.1) is 0 Å². The average Bonchev–Trinajstić information content (AvgIpc) is 2.77. The van der Waals surface area contributed by atoms with Gasteiger partial charge in [0, 0.05) is 29.8 Å². The maximum Gasteiger partial charge on any atom is 0.513 e. The minimum absolute atomic E-state index is 0.0202. The Kier molecular flexibility index (Phi) is 8.18. The Morgan fingerprint density at radius 2 is 0.703 bits per heavy atom. The van der Waals surface area contributed by atoms with Crippen molar-refractivity contribution < 1.29 is 43.2 Å². The van der Waals surface area contributed by atoms with Crippen LogP contribution >= 0.6 is 45.0 Å². The van der Waals surface area contributed by atoms with Crippen LogP contribution in [0.3, 0.4) is 0 Å². The van der Waals surface area contributed by atoms with E-state index in [-0.39, 0.29) is 15.1 Å². The topological polar surface area (TPSA) is 71.5 Å². The fraction of sp³-hybridized carbons (Fsp3) is 0.100. The number of alkyl halides is 6. The van der Waals surface area contributed by atoms with E-state index in [4.69, 9.17) is 34.8 Å². The second kappa shape index (κ2) is 10.1. The van der Waals surface area contributed by atoms with Gasteiger partial charge in [-0.15, -0.1) is 0 Å². The summed E-state index contributed by atoms with van der Waals surface area (Å²) < 4.78 is 134.